The van der Waals surface area contributed by atoms with Gasteiger partial charge in [-0.1, -0.05) is 35.5 Å². The van der Waals surface area contributed by atoms with Crippen LogP contribution in [0.2, 0.25) is 0 Å². The molecule has 1 unspecified atom stereocenters. The van der Waals surface area contributed by atoms with Crippen molar-refractivity contribution in [1.82, 2.24) is 10.1 Å². The summed E-state index contributed by atoms with van der Waals surface area (Å²) >= 11 is 0. The molecule has 0 amide bonds. The third kappa shape index (κ3) is 3.39. The second-order valence-corrected chi connectivity index (χ2v) is 4.17. The van der Waals surface area contributed by atoms with Gasteiger partial charge in [-0.05, 0) is 25.3 Å². The Morgan fingerprint density at radius 2 is 2.00 bits per heavy atom. The summed E-state index contributed by atoms with van der Waals surface area (Å²) in [5.74, 6) is 1.26. The third-order valence-electron chi connectivity index (χ3n) is 2.59. The van der Waals surface area contributed by atoms with Crippen LogP contribution in [0.3, 0.4) is 0 Å². The molecular weight excluding hydrogens is 214 g/mol. The molecule has 0 aliphatic heterocycles. The maximum Gasteiger partial charge on any atom is 0.226 e. The van der Waals surface area contributed by atoms with E-state index in [0.29, 0.717) is 11.7 Å². The Labute approximate surface area is 101 Å². The summed E-state index contributed by atoms with van der Waals surface area (Å²) in [5.41, 5.74) is 6.99. The van der Waals surface area contributed by atoms with E-state index in [1.165, 1.54) is 5.56 Å². The Morgan fingerprint density at radius 3 is 2.65 bits per heavy atom. The minimum atomic E-state index is -0.165. The van der Waals surface area contributed by atoms with Crippen LogP contribution in [0.25, 0.3) is 0 Å². The SMILES string of the molecule is CC(N)c1noc(CCCc2ccccc2)n1. The third-order valence-corrected chi connectivity index (χ3v) is 2.59. The highest BCUT2D eigenvalue weighted by Gasteiger charge is 2.09. The summed E-state index contributed by atoms with van der Waals surface area (Å²) in [4.78, 5) is 4.24. The molecule has 0 spiro atoms. The average Bonchev–Trinajstić information content (AvgIpc) is 2.79. The van der Waals surface area contributed by atoms with E-state index in [-0.39, 0.29) is 6.04 Å². The molecule has 0 fully saturated rings. The lowest BCUT2D eigenvalue weighted by atomic mass is 10.1. The van der Waals surface area contributed by atoms with Crippen molar-refractivity contribution in [2.24, 2.45) is 5.73 Å². The van der Waals surface area contributed by atoms with Crippen LogP contribution in [0.1, 0.15) is 36.7 Å². The van der Waals surface area contributed by atoms with Gasteiger partial charge in [0.25, 0.3) is 0 Å². The molecule has 0 saturated heterocycles. The molecule has 1 aromatic carbocycles. The van der Waals surface area contributed by atoms with Crippen molar-refractivity contribution < 1.29 is 4.52 Å². The molecule has 4 heteroatoms. The molecule has 90 valence electrons. The largest absolute Gasteiger partial charge is 0.339 e. The van der Waals surface area contributed by atoms with E-state index in [9.17, 15) is 0 Å². The lowest BCUT2D eigenvalue weighted by Gasteiger charge is -1.98. The van der Waals surface area contributed by atoms with Crippen LogP contribution >= 0.6 is 0 Å². The number of nitrogens with two attached hydrogens (primary N) is 1. The minimum absolute atomic E-state index is 0.165. The highest BCUT2D eigenvalue weighted by Crippen LogP contribution is 2.09. The maximum atomic E-state index is 5.66. The van der Waals surface area contributed by atoms with E-state index in [4.69, 9.17) is 10.3 Å². The molecule has 0 aliphatic carbocycles. The van der Waals surface area contributed by atoms with E-state index < -0.39 is 0 Å². The first-order valence-electron chi connectivity index (χ1n) is 5.87. The van der Waals surface area contributed by atoms with Crippen molar-refractivity contribution in [2.75, 3.05) is 0 Å². The van der Waals surface area contributed by atoms with Gasteiger partial charge in [-0.15, -0.1) is 0 Å². The zero-order valence-corrected chi connectivity index (χ0v) is 9.97. The predicted octanol–water partition coefficient (Wildman–Crippen LogP) is 2.26. The summed E-state index contributed by atoms with van der Waals surface area (Å²) in [7, 11) is 0. The first-order chi connectivity index (χ1) is 8.25. The summed E-state index contributed by atoms with van der Waals surface area (Å²) < 4.78 is 5.12. The molecule has 2 rings (SSSR count). The fourth-order valence-electron chi connectivity index (χ4n) is 1.64. The summed E-state index contributed by atoms with van der Waals surface area (Å²) in [6, 6.07) is 10.2. The van der Waals surface area contributed by atoms with Crippen molar-refractivity contribution in [1.29, 1.82) is 0 Å². The Balaban J connectivity index is 1.82. The molecule has 0 aliphatic rings. The number of nitrogens with zero attached hydrogens (tertiary/aromatic N) is 2. The number of hydrogen-bond acceptors (Lipinski definition) is 4. The predicted molar refractivity (Wildman–Crippen MR) is 65.4 cm³/mol. The molecule has 2 N–H and O–H groups in total. The van der Waals surface area contributed by atoms with Crippen LogP contribution in [0.15, 0.2) is 34.9 Å². The van der Waals surface area contributed by atoms with Gasteiger partial charge in [-0.3, -0.25) is 0 Å². The molecular formula is C13H17N3O. The van der Waals surface area contributed by atoms with Gasteiger partial charge in [-0.2, -0.15) is 4.98 Å². The van der Waals surface area contributed by atoms with Crippen LogP contribution in [0.5, 0.6) is 0 Å². The van der Waals surface area contributed by atoms with Crippen molar-refractivity contribution in [3.8, 4) is 0 Å². The molecule has 0 radical (unpaired) electrons. The van der Waals surface area contributed by atoms with Gasteiger partial charge in [-0.25, -0.2) is 0 Å². The second kappa shape index (κ2) is 5.59. The quantitative estimate of drug-likeness (QED) is 0.857. The van der Waals surface area contributed by atoms with Gasteiger partial charge in [0.05, 0.1) is 6.04 Å². The fraction of sp³-hybridized carbons (Fsp3) is 0.385. The number of rotatable bonds is 5. The van der Waals surface area contributed by atoms with Crippen LogP contribution in [-0.4, -0.2) is 10.1 Å². The lowest BCUT2D eigenvalue weighted by molar-refractivity contribution is 0.368. The molecule has 0 bridgehead atoms. The van der Waals surface area contributed by atoms with E-state index in [2.05, 4.69) is 34.4 Å². The first kappa shape index (κ1) is 11.8. The van der Waals surface area contributed by atoms with Crippen LogP contribution < -0.4 is 5.73 Å². The highest BCUT2D eigenvalue weighted by atomic mass is 16.5. The maximum absolute atomic E-state index is 5.66. The molecule has 1 atom stereocenters. The molecule has 2 aromatic rings. The first-order valence-corrected chi connectivity index (χ1v) is 5.87. The molecule has 17 heavy (non-hydrogen) atoms. The van der Waals surface area contributed by atoms with E-state index in [1.807, 2.05) is 13.0 Å². The van der Waals surface area contributed by atoms with Gasteiger partial charge >= 0.3 is 0 Å². The van der Waals surface area contributed by atoms with Gasteiger partial charge < -0.3 is 10.3 Å². The zero-order valence-electron chi connectivity index (χ0n) is 9.97. The van der Waals surface area contributed by atoms with Crippen LogP contribution in [-0.2, 0) is 12.8 Å². The Kier molecular flexibility index (Phi) is 3.88. The Bertz CT molecular complexity index is 451. The van der Waals surface area contributed by atoms with Gasteiger partial charge in [0.2, 0.25) is 5.89 Å². The minimum Gasteiger partial charge on any atom is -0.339 e. The average molecular weight is 231 g/mol. The van der Waals surface area contributed by atoms with Crippen LogP contribution in [0.4, 0.5) is 0 Å². The number of hydrogen-bond donors (Lipinski definition) is 1. The van der Waals surface area contributed by atoms with Gasteiger partial charge in [0, 0.05) is 6.42 Å². The smallest absolute Gasteiger partial charge is 0.226 e. The fourth-order valence-corrected chi connectivity index (χ4v) is 1.64. The van der Waals surface area contributed by atoms with Gasteiger partial charge in [0.1, 0.15) is 0 Å². The summed E-state index contributed by atoms with van der Waals surface area (Å²) in [6.45, 7) is 1.85. The zero-order chi connectivity index (χ0) is 12.1. The van der Waals surface area contributed by atoms with Crippen molar-refractivity contribution in [3.05, 3.63) is 47.6 Å². The molecule has 1 aromatic heterocycles. The topological polar surface area (TPSA) is 64.9 Å². The lowest BCUT2D eigenvalue weighted by Crippen LogP contribution is -2.06. The summed E-state index contributed by atoms with van der Waals surface area (Å²) in [6.07, 6.45) is 2.83. The molecule has 0 saturated carbocycles. The standard InChI is InChI=1S/C13H17N3O/c1-10(14)13-15-12(17-16-13)9-5-8-11-6-3-2-4-7-11/h2-4,6-7,10H,5,8-9,14H2,1H3. The molecule has 4 nitrogen and oxygen atoms in total. The summed E-state index contributed by atoms with van der Waals surface area (Å²) in [5, 5.41) is 3.83. The van der Waals surface area contributed by atoms with E-state index in [1.54, 1.807) is 0 Å². The van der Waals surface area contributed by atoms with Crippen molar-refractivity contribution in [3.63, 3.8) is 0 Å². The van der Waals surface area contributed by atoms with Crippen LogP contribution in [0, 0.1) is 0 Å². The van der Waals surface area contributed by atoms with E-state index in [0.717, 1.165) is 19.3 Å². The number of aryl methyl sites for hydroxylation is 2. The number of benzene rings is 1. The van der Waals surface area contributed by atoms with E-state index >= 15 is 0 Å². The molecule has 1 heterocycles. The Morgan fingerprint density at radius 1 is 1.24 bits per heavy atom. The van der Waals surface area contributed by atoms with Gasteiger partial charge in [0.15, 0.2) is 5.82 Å². The van der Waals surface area contributed by atoms with Crippen molar-refractivity contribution >= 4 is 0 Å². The second-order valence-electron chi connectivity index (χ2n) is 4.17. The Hall–Kier alpha value is -1.68. The van der Waals surface area contributed by atoms with Crippen molar-refractivity contribution in [2.45, 2.75) is 32.2 Å². The monoisotopic (exact) mass is 231 g/mol. The highest BCUT2D eigenvalue weighted by molar-refractivity contribution is 5.14. The normalized spacial score (nSPS) is 12.6. The number of aromatic nitrogens is 2.